The highest BCUT2D eigenvalue weighted by molar-refractivity contribution is 7.16. The maximum Gasteiger partial charge on any atom is 0.221 e. The number of anilines is 1. The van der Waals surface area contributed by atoms with Crippen LogP contribution in [0.15, 0.2) is 0 Å². The molecule has 7 N–H and O–H groups in total. The van der Waals surface area contributed by atoms with Gasteiger partial charge in [0.25, 0.3) is 0 Å². The molecule has 0 aliphatic heterocycles. The van der Waals surface area contributed by atoms with Crippen molar-refractivity contribution in [2.75, 3.05) is 5.73 Å². The van der Waals surface area contributed by atoms with Gasteiger partial charge in [-0.3, -0.25) is 4.79 Å². The normalized spacial score (nSPS) is 12.8. The number of rotatable bonds is 3. The fourth-order valence-corrected chi connectivity index (χ4v) is 2.33. The van der Waals surface area contributed by atoms with E-state index in [0.717, 1.165) is 4.88 Å². The van der Waals surface area contributed by atoms with Crippen LogP contribution in [-0.4, -0.2) is 11.0 Å². The Morgan fingerprint density at radius 2 is 2.21 bits per heavy atom. The SMILES string of the molecule is Cc1sc(N)c(C(N)O)c1CC(N)=O. The summed E-state index contributed by atoms with van der Waals surface area (Å²) in [4.78, 5) is 11.6. The number of primary amides is 1. The lowest BCUT2D eigenvalue weighted by molar-refractivity contribution is -0.117. The van der Waals surface area contributed by atoms with Crippen LogP contribution in [0.2, 0.25) is 0 Å². The Morgan fingerprint density at radius 3 is 2.64 bits per heavy atom. The Hall–Kier alpha value is -1.11. The zero-order chi connectivity index (χ0) is 10.9. The van der Waals surface area contributed by atoms with E-state index in [1.54, 1.807) is 0 Å². The number of thiophene rings is 1. The molecule has 1 atom stereocenters. The van der Waals surface area contributed by atoms with Crippen LogP contribution in [-0.2, 0) is 11.2 Å². The molecule has 0 bridgehead atoms. The molecular weight excluding hydrogens is 202 g/mol. The van der Waals surface area contributed by atoms with Gasteiger partial charge in [-0.25, -0.2) is 0 Å². The molecule has 1 aromatic rings. The first-order valence-electron chi connectivity index (χ1n) is 4.03. The predicted octanol–water partition coefficient (Wildman–Crippen LogP) is -0.384. The van der Waals surface area contributed by atoms with Gasteiger partial charge >= 0.3 is 0 Å². The maximum atomic E-state index is 10.8. The summed E-state index contributed by atoms with van der Waals surface area (Å²) in [6, 6.07) is 0. The summed E-state index contributed by atoms with van der Waals surface area (Å²) in [6.07, 6.45) is -1.10. The van der Waals surface area contributed by atoms with E-state index in [0.29, 0.717) is 16.1 Å². The molecule has 6 heteroatoms. The predicted molar refractivity (Wildman–Crippen MR) is 55.5 cm³/mol. The van der Waals surface area contributed by atoms with E-state index in [1.807, 2.05) is 6.92 Å². The van der Waals surface area contributed by atoms with Gasteiger partial charge in [0.2, 0.25) is 5.91 Å². The summed E-state index contributed by atoms with van der Waals surface area (Å²) in [5.74, 6) is -0.465. The van der Waals surface area contributed by atoms with E-state index in [9.17, 15) is 9.90 Å². The number of nitrogen functional groups attached to an aromatic ring is 1. The van der Waals surface area contributed by atoms with Crippen LogP contribution in [0.3, 0.4) is 0 Å². The Bertz CT molecular complexity index is 360. The molecule has 1 unspecified atom stereocenters. The van der Waals surface area contributed by atoms with Gasteiger partial charge in [0.05, 0.1) is 11.4 Å². The van der Waals surface area contributed by atoms with Crippen molar-refractivity contribution in [1.82, 2.24) is 0 Å². The minimum absolute atomic E-state index is 0.0587. The number of aliphatic hydroxyl groups excluding tert-OH is 1. The second-order valence-electron chi connectivity index (χ2n) is 3.00. The Morgan fingerprint density at radius 1 is 1.64 bits per heavy atom. The minimum atomic E-state index is -1.16. The van der Waals surface area contributed by atoms with E-state index in [4.69, 9.17) is 17.2 Å². The fraction of sp³-hybridized carbons (Fsp3) is 0.375. The Labute approximate surface area is 85.5 Å². The van der Waals surface area contributed by atoms with Crippen LogP contribution in [0, 0.1) is 6.92 Å². The molecular formula is C8H13N3O2S. The Balaban J connectivity index is 3.18. The monoisotopic (exact) mass is 215 g/mol. The van der Waals surface area contributed by atoms with E-state index in [-0.39, 0.29) is 6.42 Å². The fourth-order valence-electron chi connectivity index (χ4n) is 1.34. The third-order valence-corrected chi connectivity index (χ3v) is 2.92. The number of amides is 1. The van der Waals surface area contributed by atoms with E-state index in [1.165, 1.54) is 11.3 Å². The third-order valence-electron chi connectivity index (χ3n) is 1.93. The first-order valence-corrected chi connectivity index (χ1v) is 4.84. The van der Waals surface area contributed by atoms with Crippen molar-refractivity contribution in [3.63, 3.8) is 0 Å². The lowest BCUT2D eigenvalue weighted by Crippen LogP contribution is -2.18. The number of aliphatic hydroxyl groups is 1. The topological polar surface area (TPSA) is 115 Å². The first-order chi connectivity index (χ1) is 6.43. The summed E-state index contributed by atoms with van der Waals surface area (Å²) in [7, 11) is 0. The number of carbonyl (C=O) groups is 1. The van der Waals surface area contributed by atoms with Crippen molar-refractivity contribution in [2.24, 2.45) is 11.5 Å². The molecule has 1 rings (SSSR count). The number of carbonyl (C=O) groups excluding carboxylic acids is 1. The summed E-state index contributed by atoms with van der Waals surface area (Å²) < 4.78 is 0. The van der Waals surface area contributed by atoms with Crippen LogP contribution in [0.1, 0.15) is 22.2 Å². The molecule has 0 saturated carbocycles. The van der Waals surface area contributed by atoms with Gasteiger partial charge in [0.1, 0.15) is 6.23 Å². The van der Waals surface area contributed by atoms with Crippen molar-refractivity contribution in [3.8, 4) is 0 Å². The molecule has 0 spiro atoms. The highest BCUT2D eigenvalue weighted by Crippen LogP contribution is 2.33. The van der Waals surface area contributed by atoms with E-state index < -0.39 is 12.1 Å². The molecule has 0 fully saturated rings. The molecule has 0 aromatic carbocycles. The van der Waals surface area contributed by atoms with Gasteiger partial charge in [-0.15, -0.1) is 11.3 Å². The highest BCUT2D eigenvalue weighted by atomic mass is 32.1. The second kappa shape index (κ2) is 3.95. The van der Waals surface area contributed by atoms with Gasteiger partial charge in [0.15, 0.2) is 0 Å². The quantitative estimate of drug-likeness (QED) is 0.514. The van der Waals surface area contributed by atoms with Crippen LogP contribution in [0.25, 0.3) is 0 Å². The average molecular weight is 215 g/mol. The minimum Gasteiger partial charge on any atom is -0.390 e. The third kappa shape index (κ3) is 2.03. The van der Waals surface area contributed by atoms with Crippen molar-refractivity contribution in [3.05, 3.63) is 16.0 Å². The Kier molecular flexibility index (Phi) is 3.10. The average Bonchev–Trinajstić information content (AvgIpc) is 2.25. The van der Waals surface area contributed by atoms with Crippen molar-refractivity contribution >= 4 is 22.2 Å². The summed E-state index contributed by atoms with van der Waals surface area (Å²) >= 11 is 1.30. The lowest BCUT2D eigenvalue weighted by atomic mass is 10.1. The molecule has 0 radical (unpaired) electrons. The molecule has 0 aliphatic carbocycles. The molecule has 0 saturated heterocycles. The van der Waals surface area contributed by atoms with Gasteiger partial charge in [-0.1, -0.05) is 0 Å². The summed E-state index contributed by atoms with van der Waals surface area (Å²) in [6.45, 7) is 1.81. The molecule has 14 heavy (non-hydrogen) atoms. The van der Waals surface area contributed by atoms with Crippen LogP contribution in [0.4, 0.5) is 5.00 Å². The van der Waals surface area contributed by atoms with E-state index >= 15 is 0 Å². The number of hydrogen-bond acceptors (Lipinski definition) is 5. The largest absolute Gasteiger partial charge is 0.390 e. The molecule has 1 aromatic heterocycles. The van der Waals surface area contributed by atoms with Crippen LogP contribution < -0.4 is 17.2 Å². The summed E-state index contributed by atoms with van der Waals surface area (Å²) in [5, 5.41) is 9.70. The lowest BCUT2D eigenvalue weighted by Gasteiger charge is -2.07. The van der Waals surface area contributed by atoms with Gasteiger partial charge < -0.3 is 22.3 Å². The molecule has 0 aliphatic rings. The van der Waals surface area contributed by atoms with Crippen molar-refractivity contribution < 1.29 is 9.90 Å². The van der Waals surface area contributed by atoms with Crippen LogP contribution in [0.5, 0.6) is 0 Å². The highest BCUT2D eigenvalue weighted by Gasteiger charge is 2.19. The molecule has 1 heterocycles. The molecule has 78 valence electrons. The van der Waals surface area contributed by atoms with Gasteiger partial charge in [-0.05, 0) is 12.5 Å². The van der Waals surface area contributed by atoms with E-state index in [2.05, 4.69) is 0 Å². The van der Waals surface area contributed by atoms with Gasteiger partial charge in [0, 0.05) is 10.4 Å². The van der Waals surface area contributed by atoms with Gasteiger partial charge in [-0.2, -0.15) is 0 Å². The number of nitrogens with two attached hydrogens (primary N) is 3. The second-order valence-corrected chi connectivity index (χ2v) is 4.26. The number of aryl methyl sites for hydroxylation is 1. The standard InChI is InChI=1S/C8H13N3O2S/c1-3-4(2-5(9)12)6(7(10)13)8(11)14-3/h7,13H,2,10-11H2,1H3,(H2,9,12). The zero-order valence-corrected chi connectivity index (χ0v) is 8.60. The van der Waals surface area contributed by atoms with Crippen molar-refractivity contribution in [2.45, 2.75) is 19.6 Å². The van der Waals surface area contributed by atoms with Crippen molar-refractivity contribution in [1.29, 1.82) is 0 Å². The zero-order valence-electron chi connectivity index (χ0n) is 7.78. The summed E-state index contributed by atoms with van der Waals surface area (Å²) in [5.41, 5.74) is 17.1. The molecule has 5 nitrogen and oxygen atoms in total. The van der Waals surface area contributed by atoms with Crippen LogP contribution >= 0.6 is 11.3 Å². The molecule has 1 amide bonds. The number of hydrogen-bond donors (Lipinski definition) is 4. The first kappa shape index (κ1) is 11.0. The smallest absolute Gasteiger partial charge is 0.221 e. The maximum absolute atomic E-state index is 10.8.